The van der Waals surface area contributed by atoms with Gasteiger partial charge in [0.25, 0.3) is 0 Å². The molecule has 0 spiro atoms. The van der Waals surface area contributed by atoms with E-state index < -0.39 is 18.1 Å². The Hall–Kier alpha value is -1.89. The predicted octanol–water partition coefficient (Wildman–Crippen LogP) is 0.963. The van der Waals surface area contributed by atoms with Gasteiger partial charge in [-0.15, -0.1) is 0 Å². The Morgan fingerprint density at radius 1 is 1.42 bits per heavy atom. The summed E-state index contributed by atoms with van der Waals surface area (Å²) < 4.78 is 5.31. The van der Waals surface area contributed by atoms with E-state index in [1.54, 1.807) is 13.0 Å². The van der Waals surface area contributed by atoms with Gasteiger partial charge in [-0.3, -0.25) is 9.59 Å². The molecule has 2 fully saturated rings. The van der Waals surface area contributed by atoms with Crippen molar-refractivity contribution in [2.75, 3.05) is 6.54 Å². The summed E-state index contributed by atoms with van der Waals surface area (Å²) in [4.78, 5) is 27.0. The average Bonchev–Trinajstić information content (AvgIpc) is 3.07. The molecule has 3 atom stereocenters. The van der Waals surface area contributed by atoms with Crippen LogP contribution in [-0.2, 0) is 9.59 Å². The number of likely N-dealkylation sites (tertiary alicyclic amines) is 1. The summed E-state index contributed by atoms with van der Waals surface area (Å²) in [5, 5.41) is 16.8. The third-order valence-corrected chi connectivity index (χ3v) is 4.67. The van der Waals surface area contributed by atoms with Crippen molar-refractivity contribution >= 4 is 11.8 Å². The zero-order chi connectivity index (χ0) is 17.4. The third kappa shape index (κ3) is 3.45. The van der Waals surface area contributed by atoms with Crippen LogP contribution in [0, 0.1) is 12.8 Å². The number of carbonyl (C=O) groups is 2. The van der Waals surface area contributed by atoms with Gasteiger partial charge in [0.15, 0.2) is 0 Å². The van der Waals surface area contributed by atoms with Crippen molar-refractivity contribution in [2.24, 2.45) is 5.92 Å². The SMILES string of the molecule is Cc1cc([C@H](C(=O)N2C[C@H](O)C[C@H]2C(=O)NC2CC2)C(C)C)on1. The first-order valence-electron chi connectivity index (χ1n) is 8.59. The van der Waals surface area contributed by atoms with Crippen LogP contribution in [0.5, 0.6) is 0 Å². The molecule has 3 rings (SSSR count). The minimum Gasteiger partial charge on any atom is -0.391 e. The molecule has 0 aromatic carbocycles. The van der Waals surface area contributed by atoms with Crippen LogP contribution in [0.4, 0.5) is 0 Å². The molecule has 0 radical (unpaired) electrons. The number of nitrogens with zero attached hydrogens (tertiary/aromatic N) is 2. The van der Waals surface area contributed by atoms with Gasteiger partial charge in [-0.1, -0.05) is 19.0 Å². The van der Waals surface area contributed by atoms with Crippen molar-refractivity contribution in [2.45, 2.75) is 64.1 Å². The molecule has 1 aliphatic heterocycles. The second-order valence-corrected chi connectivity index (χ2v) is 7.27. The van der Waals surface area contributed by atoms with Gasteiger partial charge in [0, 0.05) is 25.1 Å². The van der Waals surface area contributed by atoms with Gasteiger partial charge >= 0.3 is 0 Å². The summed E-state index contributed by atoms with van der Waals surface area (Å²) in [6, 6.07) is 1.37. The maximum atomic E-state index is 13.1. The molecule has 1 saturated carbocycles. The Morgan fingerprint density at radius 2 is 2.12 bits per heavy atom. The molecule has 1 saturated heterocycles. The Bertz CT molecular complexity index is 623. The first kappa shape index (κ1) is 17.0. The normalized spacial score (nSPS) is 25.1. The van der Waals surface area contributed by atoms with E-state index >= 15 is 0 Å². The van der Waals surface area contributed by atoms with Gasteiger partial charge in [0.2, 0.25) is 11.8 Å². The van der Waals surface area contributed by atoms with Crippen molar-refractivity contribution in [3.8, 4) is 0 Å². The van der Waals surface area contributed by atoms with Gasteiger partial charge in [0.05, 0.1) is 11.8 Å². The maximum absolute atomic E-state index is 13.1. The van der Waals surface area contributed by atoms with E-state index in [0.29, 0.717) is 11.5 Å². The fraction of sp³-hybridized carbons (Fsp3) is 0.706. The molecule has 132 valence electrons. The summed E-state index contributed by atoms with van der Waals surface area (Å²) in [6.07, 6.45) is 1.58. The Labute approximate surface area is 141 Å². The predicted molar refractivity (Wildman–Crippen MR) is 86.1 cm³/mol. The van der Waals surface area contributed by atoms with Crippen molar-refractivity contribution in [3.05, 3.63) is 17.5 Å². The molecule has 7 heteroatoms. The smallest absolute Gasteiger partial charge is 0.243 e. The summed E-state index contributed by atoms with van der Waals surface area (Å²) in [6.45, 7) is 5.86. The van der Waals surface area contributed by atoms with Crippen LogP contribution in [0.15, 0.2) is 10.6 Å². The summed E-state index contributed by atoms with van der Waals surface area (Å²) in [7, 11) is 0. The van der Waals surface area contributed by atoms with Crippen LogP contribution in [0.2, 0.25) is 0 Å². The standard InChI is InChI=1S/C17H25N3O4/c1-9(2)15(14-6-10(3)19-24-14)17(23)20-8-12(21)7-13(20)16(22)18-11-4-5-11/h6,9,11-13,15,21H,4-5,7-8H2,1-3H3,(H,18,22)/t12-,13+,15-/m1/s1. The van der Waals surface area contributed by atoms with E-state index in [-0.39, 0.29) is 36.7 Å². The molecule has 0 unspecified atom stereocenters. The highest BCUT2D eigenvalue weighted by Crippen LogP contribution is 2.31. The highest BCUT2D eigenvalue weighted by Gasteiger charge is 2.44. The van der Waals surface area contributed by atoms with Crippen LogP contribution in [0.3, 0.4) is 0 Å². The van der Waals surface area contributed by atoms with Gasteiger partial charge in [0.1, 0.15) is 17.7 Å². The number of aryl methyl sites for hydroxylation is 1. The number of β-amino-alcohol motifs (C(OH)–C–C–N with tert-alkyl or cyclic N) is 1. The number of amides is 2. The van der Waals surface area contributed by atoms with Crippen molar-refractivity contribution in [1.29, 1.82) is 0 Å². The minimum absolute atomic E-state index is 0.00487. The Morgan fingerprint density at radius 3 is 2.67 bits per heavy atom. The number of rotatable bonds is 5. The molecule has 1 aromatic rings. The van der Waals surface area contributed by atoms with Crippen molar-refractivity contribution in [3.63, 3.8) is 0 Å². The first-order chi connectivity index (χ1) is 11.4. The topological polar surface area (TPSA) is 95.7 Å². The van der Waals surface area contributed by atoms with Crippen LogP contribution < -0.4 is 5.32 Å². The van der Waals surface area contributed by atoms with Gasteiger partial charge in [-0.05, 0) is 25.7 Å². The zero-order valence-electron chi connectivity index (χ0n) is 14.4. The molecule has 2 aliphatic rings. The lowest BCUT2D eigenvalue weighted by atomic mass is 9.91. The monoisotopic (exact) mass is 335 g/mol. The molecule has 1 aliphatic carbocycles. The van der Waals surface area contributed by atoms with E-state index in [2.05, 4.69) is 10.5 Å². The lowest BCUT2D eigenvalue weighted by Crippen LogP contribution is -2.48. The molecule has 2 N–H and O–H groups in total. The van der Waals surface area contributed by atoms with E-state index in [0.717, 1.165) is 12.8 Å². The Balaban J connectivity index is 1.80. The summed E-state index contributed by atoms with van der Waals surface area (Å²) in [5.41, 5.74) is 0.716. The molecule has 0 bridgehead atoms. The van der Waals surface area contributed by atoms with E-state index in [1.807, 2.05) is 13.8 Å². The van der Waals surface area contributed by atoms with Crippen LogP contribution in [0.1, 0.15) is 50.5 Å². The highest BCUT2D eigenvalue weighted by atomic mass is 16.5. The lowest BCUT2D eigenvalue weighted by Gasteiger charge is -2.28. The molecule has 24 heavy (non-hydrogen) atoms. The third-order valence-electron chi connectivity index (χ3n) is 4.67. The largest absolute Gasteiger partial charge is 0.391 e. The van der Waals surface area contributed by atoms with Crippen LogP contribution in [-0.4, -0.2) is 51.7 Å². The van der Waals surface area contributed by atoms with Gasteiger partial charge < -0.3 is 19.8 Å². The van der Waals surface area contributed by atoms with Crippen LogP contribution >= 0.6 is 0 Å². The Kier molecular flexibility index (Phi) is 4.62. The van der Waals surface area contributed by atoms with Gasteiger partial charge in [-0.25, -0.2) is 0 Å². The van der Waals surface area contributed by atoms with Crippen molar-refractivity contribution < 1.29 is 19.2 Å². The van der Waals surface area contributed by atoms with E-state index in [9.17, 15) is 14.7 Å². The van der Waals surface area contributed by atoms with Gasteiger partial charge in [-0.2, -0.15) is 0 Å². The van der Waals surface area contributed by atoms with E-state index in [1.165, 1.54) is 4.90 Å². The van der Waals surface area contributed by atoms with Crippen molar-refractivity contribution in [1.82, 2.24) is 15.4 Å². The number of hydrogen-bond donors (Lipinski definition) is 2. The summed E-state index contributed by atoms with van der Waals surface area (Å²) >= 11 is 0. The highest BCUT2D eigenvalue weighted by molar-refractivity contribution is 5.91. The quantitative estimate of drug-likeness (QED) is 0.836. The zero-order valence-corrected chi connectivity index (χ0v) is 14.4. The molecule has 7 nitrogen and oxygen atoms in total. The number of aliphatic hydroxyl groups excluding tert-OH is 1. The first-order valence-corrected chi connectivity index (χ1v) is 8.59. The maximum Gasteiger partial charge on any atom is 0.243 e. The fourth-order valence-corrected chi connectivity index (χ4v) is 3.27. The lowest BCUT2D eigenvalue weighted by molar-refractivity contribution is -0.141. The molecular formula is C17H25N3O4. The molecule has 1 aromatic heterocycles. The fourth-order valence-electron chi connectivity index (χ4n) is 3.27. The second kappa shape index (κ2) is 6.55. The minimum atomic E-state index is -0.673. The molecule has 2 heterocycles. The number of hydrogen-bond acceptors (Lipinski definition) is 5. The number of aromatic nitrogens is 1. The van der Waals surface area contributed by atoms with E-state index in [4.69, 9.17) is 4.52 Å². The molecular weight excluding hydrogens is 310 g/mol. The number of nitrogens with one attached hydrogen (secondary N) is 1. The second-order valence-electron chi connectivity index (χ2n) is 7.27. The summed E-state index contributed by atoms with van der Waals surface area (Å²) in [5.74, 6) is -0.356. The average molecular weight is 335 g/mol. The molecule has 2 amide bonds. The number of carbonyl (C=O) groups excluding carboxylic acids is 2. The number of aliphatic hydroxyl groups is 1. The van der Waals surface area contributed by atoms with Crippen LogP contribution in [0.25, 0.3) is 0 Å².